The van der Waals surface area contributed by atoms with Crippen LogP contribution in [0.4, 0.5) is 5.69 Å². The van der Waals surface area contributed by atoms with E-state index in [1.807, 2.05) is 18.2 Å². The molecule has 3 rings (SSSR count). The van der Waals surface area contributed by atoms with E-state index in [0.717, 1.165) is 31.4 Å². The fraction of sp³-hybridized carbons (Fsp3) is 0.353. The van der Waals surface area contributed by atoms with Crippen LogP contribution >= 0.6 is 11.3 Å². The van der Waals surface area contributed by atoms with E-state index in [1.165, 1.54) is 4.88 Å². The monoisotopic (exact) mass is 285 g/mol. The predicted octanol–water partition coefficient (Wildman–Crippen LogP) is 4.66. The molecule has 0 bridgehead atoms. The average Bonchev–Trinajstić information content (AvgIpc) is 3.01. The highest BCUT2D eigenvalue weighted by Gasteiger charge is 2.31. The number of nitrogens with one attached hydrogen (secondary N) is 1. The summed E-state index contributed by atoms with van der Waals surface area (Å²) in [6.45, 7) is 0. The van der Waals surface area contributed by atoms with Crippen molar-refractivity contribution in [3.63, 3.8) is 0 Å². The first-order valence-electron chi connectivity index (χ1n) is 7.22. The normalized spacial score (nSPS) is 20.6. The summed E-state index contributed by atoms with van der Waals surface area (Å²) in [5.74, 6) is 0.528. The molecule has 2 aromatic rings. The Hall–Kier alpha value is -1.61. The summed E-state index contributed by atoms with van der Waals surface area (Å²) in [6.07, 6.45) is 3.96. The Morgan fingerprint density at radius 3 is 2.65 bits per heavy atom. The molecule has 1 saturated carbocycles. The van der Waals surface area contributed by atoms with E-state index in [0.29, 0.717) is 5.78 Å². The first-order chi connectivity index (χ1) is 9.84. The fourth-order valence-corrected chi connectivity index (χ4v) is 3.76. The molecule has 3 heteroatoms. The maximum absolute atomic E-state index is 12.3. The molecule has 2 atom stereocenters. The van der Waals surface area contributed by atoms with Crippen LogP contribution < -0.4 is 5.32 Å². The number of carbonyl (C=O) groups is 1. The van der Waals surface area contributed by atoms with Gasteiger partial charge in [0.05, 0.1) is 6.04 Å². The third-order valence-corrected chi connectivity index (χ3v) is 4.91. The minimum atomic E-state index is 0.114. The van der Waals surface area contributed by atoms with Crippen LogP contribution in [0.5, 0.6) is 0 Å². The maximum Gasteiger partial charge on any atom is 0.138 e. The second-order valence-electron chi connectivity index (χ2n) is 5.32. The Morgan fingerprint density at radius 1 is 1.10 bits per heavy atom. The highest BCUT2D eigenvalue weighted by atomic mass is 32.1. The lowest BCUT2D eigenvalue weighted by Crippen LogP contribution is -2.29. The second-order valence-corrected chi connectivity index (χ2v) is 6.30. The number of hydrogen-bond donors (Lipinski definition) is 1. The van der Waals surface area contributed by atoms with E-state index in [4.69, 9.17) is 0 Å². The quantitative estimate of drug-likeness (QED) is 0.885. The minimum Gasteiger partial charge on any atom is -0.377 e. The lowest BCUT2D eigenvalue weighted by molar-refractivity contribution is -0.125. The SMILES string of the molecule is O=C1CCCC[C@H]1[C@@H](Nc1ccccc1)c1cccs1. The summed E-state index contributed by atoms with van der Waals surface area (Å²) in [6, 6.07) is 14.5. The van der Waals surface area contributed by atoms with Crippen LogP contribution in [0.15, 0.2) is 47.8 Å². The number of rotatable bonds is 4. The van der Waals surface area contributed by atoms with Gasteiger partial charge in [0.1, 0.15) is 5.78 Å². The minimum absolute atomic E-state index is 0.114. The van der Waals surface area contributed by atoms with E-state index >= 15 is 0 Å². The van der Waals surface area contributed by atoms with Crippen molar-refractivity contribution in [1.29, 1.82) is 0 Å². The van der Waals surface area contributed by atoms with Gasteiger partial charge < -0.3 is 5.32 Å². The van der Waals surface area contributed by atoms with Gasteiger partial charge >= 0.3 is 0 Å². The summed E-state index contributed by atoms with van der Waals surface area (Å²) >= 11 is 1.73. The molecule has 0 spiro atoms. The lowest BCUT2D eigenvalue weighted by Gasteiger charge is -2.30. The third-order valence-electron chi connectivity index (χ3n) is 3.95. The number of anilines is 1. The zero-order chi connectivity index (χ0) is 13.8. The smallest absolute Gasteiger partial charge is 0.138 e. The number of thiophene rings is 1. The van der Waals surface area contributed by atoms with Gasteiger partial charge in [-0.3, -0.25) is 4.79 Å². The van der Waals surface area contributed by atoms with E-state index in [1.54, 1.807) is 11.3 Å². The Kier molecular flexibility index (Phi) is 4.16. The fourth-order valence-electron chi connectivity index (χ4n) is 2.91. The Labute approximate surface area is 123 Å². The first-order valence-corrected chi connectivity index (χ1v) is 8.10. The van der Waals surface area contributed by atoms with Gasteiger partial charge in [-0.05, 0) is 36.4 Å². The molecule has 1 fully saturated rings. The van der Waals surface area contributed by atoms with Gasteiger partial charge in [0.25, 0.3) is 0 Å². The number of ketones is 1. The summed E-state index contributed by atoms with van der Waals surface area (Å²) in [7, 11) is 0. The van der Waals surface area contributed by atoms with Crippen LogP contribution in [-0.4, -0.2) is 5.78 Å². The zero-order valence-corrected chi connectivity index (χ0v) is 12.2. The van der Waals surface area contributed by atoms with Crippen molar-refractivity contribution in [3.05, 3.63) is 52.7 Å². The van der Waals surface area contributed by atoms with E-state index in [-0.39, 0.29) is 12.0 Å². The van der Waals surface area contributed by atoms with Crippen LogP contribution in [0.1, 0.15) is 36.6 Å². The maximum atomic E-state index is 12.3. The molecule has 20 heavy (non-hydrogen) atoms. The molecule has 1 N–H and O–H groups in total. The van der Waals surface area contributed by atoms with Crippen LogP contribution in [0.25, 0.3) is 0 Å². The lowest BCUT2D eigenvalue weighted by atomic mass is 9.82. The highest BCUT2D eigenvalue weighted by Crippen LogP contribution is 2.36. The summed E-state index contributed by atoms with van der Waals surface area (Å²) in [4.78, 5) is 13.5. The predicted molar refractivity (Wildman–Crippen MR) is 84.1 cm³/mol. The molecule has 0 aliphatic heterocycles. The largest absolute Gasteiger partial charge is 0.377 e. The van der Waals surface area contributed by atoms with E-state index in [9.17, 15) is 4.79 Å². The van der Waals surface area contributed by atoms with Gasteiger partial charge in [0, 0.05) is 22.9 Å². The van der Waals surface area contributed by atoms with Gasteiger partial charge in [-0.25, -0.2) is 0 Å². The van der Waals surface area contributed by atoms with Crippen molar-refractivity contribution in [2.45, 2.75) is 31.7 Å². The van der Waals surface area contributed by atoms with Crippen LogP contribution in [0, 0.1) is 5.92 Å². The van der Waals surface area contributed by atoms with Crippen molar-refractivity contribution < 1.29 is 4.79 Å². The molecule has 0 unspecified atom stereocenters. The van der Waals surface area contributed by atoms with Crippen LogP contribution in [-0.2, 0) is 4.79 Å². The number of Topliss-reactive ketones (excluding diaryl/α,β-unsaturated/α-hetero) is 1. The van der Waals surface area contributed by atoms with Crippen molar-refractivity contribution >= 4 is 22.8 Å². The van der Waals surface area contributed by atoms with Crippen molar-refractivity contribution in [3.8, 4) is 0 Å². The Bertz CT molecular complexity index is 550. The molecule has 1 aromatic carbocycles. The molecular weight excluding hydrogens is 266 g/mol. The summed E-state index contributed by atoms with van der Waals surface area (Å²) in [5, 5.41) is 5.66. The summed E-state index contributed by atoms with van der Waals surface area (Å²) in [5.41, 5.74) is 1.09. The standard InChI is InChI=1S/C17H19NOS/c19-15-10-5-4-9-14(15)17(16-11-6-12-20-16)18-13-7-2-1-3-8-13/h1-3,6-8,11-12,14,17-18H,4-5,9-10H2/t14-,17-/m1/s1. The molecule has 1 aromatic heterocycles. The molecule has 2 nitrogen and oxygen atoms in total. The highest BCUT2D eigenvalue weighted by molar-refractivity contribution is 7.10. The Balaban J connectivity index is 1.86. The van der Waals surface area contributed by atoms with Crippen molar-refractivity contribution in [2.75, 3.05) is 5.32 Å². The molecule has 0 radical (unpaired) electrons. The number of para-hydroxylation sites is 1. The van der Waals surface area contributed by atoms with Gasteiger partial charge in [-0.1, -0.05) is 30.7 Å². The van der Waals surface area contributed by atoms with Gasteiger partial charge in [0.2, 0.25) is 0 Å². The average molecular weight is 285 g/mol. The topological polar surface area (TPSA) is 29.1 Å². The van der Waals surface area contributed by atoms with Crippen LogP contribution in [0.3, 0.4) is 0 Å². The molecule has 0 saturated heterocycles. The molecule has 1 aliphatic rings. The summed E-state index contributed by atoms with van der Waals surface area (Å²) < 4.78 is 0. The number of hydrogen-bond acceptors (Lipinski definition) is 3. The molecular formula is C17H19NOS. The second kappa shape index (κ2) is 6.23. The van der Waals surface area contributed by atoms with Gasteiger partial charge in [-0.2, -0.15) is 0 Å². The van der Waals surface area contributed by atoms with Crippen molar-refractivity contribution in [2.24, 2.45) is 5.92 Å². The van der Waals surface area contributed by atoms with Crippen LogP contribution in [0.2, 0.25) is 0 Å². The van der Waals surface area contributed by atoms with E-state index < -0.39 is 0 Å². The van der Waals surface area contributed by atoms with Crippen molar-refractivity contribution in [1.82, 2.24) is 0 Å². The van der Waals surface area contributed by atoms with Gasteiger partial charge in [-0.15, -0.1) is 11.3 Å². The first kappa shape index (κ1) is 13.4. The molecule has 1 heterocycles. The van der Waals surface area contributed by atoms with Gasteiger partial charge in [0.15, 0.2) is 0 Å². The number of carbonyl (C=O) groups excluding carboxylic acids is 1. The third kappa shape index (κ3) is 2.93. The molecule has 104 valence electrons. The molecule has 1 aliphatic carbocycles. The zero-order valence-electron chi connectivity index (χ0n) is 11.4. The Morgan fingerprint density at radius 2 is 1.95 bits per heavy atom. The van der Waals surface area contributed by atoms with E-state index in [2.05, 4.69) is 35.0 Å². The molecule has 0 amide bonds. The number of benzene rings is 1.